The number of rotatable bonds is 3. The summed E-state index contributed by atoms with van der Waals surface area (Å²) in [7, 11) is 5.85. The van der Waals surface area contributed by atoms with Crippen molar-refractivity contribution in [3.8, 4) is 17.6 Å². The van der Waals surface area contributed by atoms with Gasteiger partial charge in [0.15, 0.2) is 0 Å². The molecule has 0 bridgehead atoms. The van der Waals surface area contributed by atoms with Gasteiger partial charge in [0, 0.05) is 24.0 Å². The maximum Gasteiger partial charge on any atom is 0.415 e. The molecule has 0 heterocycles. The Morgan fingerprint density at radius 1 is 1.17 bits per heavy atom. The van der Waals surface area contributed by atoms with E-state index in [1.807, 2.05) is 14.1 Å². The van der Waals surface area contributed by atoms with Gasteiger partial charge in [-0.15, -0.1) is 0 Å². The van der Waals surface area contributed by atoms with Crippen LogP contribution in [0.5, 0.6) is 5.75 Å². The second kappa shape index (κ2) is 8.96. The molecule has 130 valence electrons. The third-order valence-electron chi connectivity index (χ3n) is 4.25. The minimum absolute atomic E-state index is 0.219. The molecule has 0 radical (unpaired) electrons. The summed E-state index contributed by atoms with van der Waals surface area (Å²) in [5, 5.41) is 0.622. The minimum atomic E-state index is -0.320. The summed E-state index contributed by atoms with van der Waals surface area (Å²) in [6.07, 6.45) is 3.67. The summed E-state index contributed by atoms with van der Waals surface area (Å²) in [4.78, 5) is 16.0. The quantitative estimate of drug-likeness (QED) is 0.777. The molecule has 1 amide bonds. The van der Waals surface area contributed by atoms with E-state index in [9.17, 15) is 4.79 Å². The van der Waals surface area contributed by atoms with Crippen molar-refractivity contribution in [2.75, 3.05) is 27.7 Å². The Labute approximate surface area is 149 Å². The predicted octanol–water partition coefficient (Wildman–Crippen LogP) is 3.89. The molecule has 0 saturated heterocycles. The van der Waals surface area contributed by atoms with E-state index in [1.165, 1.54) is 0 Å². The lowest BCUT2D eigenvalue weighted by Crippen LogP contribution is -2.40. The van der Waals surface area contributed by atoms with Crippen LogP contribution in [0.2, 0.25) is 5.02 Å². The Bertz CT molecular complexity index is 596. The van der Waals surface area contributed by atoms with Gasteiger partial charge in [-0.05, 0) is 64.0 Å². The number of ether oxygens (including phenoxy) is 1. The van der Waals surface area contributed by atoms with Gasteiger partial charge >= 0.3 is 6.09 Å². The summed E-state index contributed by atoms with van der Waals surface area (Å²) >= 11 is 5.83. The Kier molecular flexibility index (Phi) is 6.96. The zero-order valence-corrected chi connectivity index (χ0v) is 15.3. The van der Waals surface area contributed by atoms with Gasteiger partial charge in [0.2, 0.25) is 0 Å². The lowest BCUT2D eigenvalue weighted by molar-refractivity contribution is 0.129. The van der Waals surface area contributed by atoms with Gasteiger partial charge < -0.3 is 9.64 Å². The number of benzene rings is 1. The molecule has 24 heavy (non-hydrogen) atoms. The van der Waals surface area contributed by atoms with E-state index in [0.717, 1.165) is 32.2 Å². The fraction of sp³-hybridized carbons (Fsp3) is 0.526. The molecule has 0 aromatic heterocycles. The predicted molar refractivity (Wildman–Crippen MR) is 97.3 cm³/mol. The second-order valence-electron chi connectivity index (χ2n) is 6.50. The van der Waals surface area contributed by atoms with E-state index in [4.69, 9.17) is 16.3 Å². The summed E-state index contributed by atoms with van der Waals surface area (Å²) in [6.45, 7) is 0.799. The third-order valence-corrected chi connectivity index (χ3v) is 4.50. The molecular formula is C19H25ClN2O2. The van der Waals surface area contributed by atoms with Crippen LogP contribution >= 0.6 is 11.6 Å². The van der Waals surface area contributed by atoms with E-state index in [2.05, 4.69) is 16.7 Å². The van der Waals surface area contributed by atoms with Gasteiger partial charge in [-0.3, -0.25) is 4.90 Å². The number of halogens is 1. The summed E-state index contributed by atoms with van der Waals surface area (Å²) in [5.74, 6) is 7.53. The molecule has 0 atom stereocenters. The highest BCUT2D eigenvalue weighted by molar-refractivity contribution is 6.30. The van der Waals surface area contributed by atoms with Crippen LogP contribution in [0.1, 0.15) is 25.7 Å². The number of hydrogen-bond donors (Lipinski definition) is 0. The average molecular weight is 349 g/mol. The molecular weight excluding hydrogens is 324 g/mol. The monoisotopic (exact) mass is 348 g/mol. The van der Waals surface area contributed by atoms with Crippen molar-refractivity contribution in [1.29, 1.82) is 0 Å². The van der Waals surface area contributed by atoms with Crippen LogP contribution in [-0.2, 0) is 0 Å². The van der Waals surface area contributed by atoms with Crippen LogP contribution < -0.4 is 4.74 Å². The molecule has 1 aromatic carbocycles. The molecule has 1 aliphatic carbocycles. The first-order valence-electron chi connectivity index (χ1n) is 8.29. The number of hydrogen-bond acceptors (Lipinski definition) is 3. The molecule has 2 rings (SSSR count). The standard InChI is InChI=1S/C19H25ClN2O2/c1-21(2)14-4-5-15-6-10-17(11-7-15)22(3)19(23)24-18-12-8-16(20)9-13-18/h8-9,12-13,15,17H,6-7,10-11,14H2,1-3H3/t15-,17-. The van der Waals surface area contributed by atoms with Crippen LogP contribution in [-0.4, -0.2) is 49.6 Å². The molecule has 1 saturated carbocycles. The van der Waals surface area contributed by atoms with Gasteiger partial charge in [0.25, 0.3) is 0 Å². The first kappa shape index (κ1) is 18.6. The number of nitrogens with zero attached hydrogens (tertiary/aromatic N) is 2. The summed E-state index contributed by atoms with van der Waals surface area (Å²) in [6, 6.07) is 7.04. The van der Waals surface area contributed by atoms with Crippen LogP contribution in [0.4, 0.5) is 4.79 Å². The maximum atomic E-state index is 12.3. The zero-order valence-electron chi connectivity index (χ0n) is 14.6. The molecule has 0 aliphatic heterocycles. The van der Waals surface area contributed by atoms with E-state index in [-0.39, 0.29) is 12.1 Å². The van der Waals surface area contributed by atoms with Crippen LogP contribution in [0, 0.1) is 17.8 Å². The maximum absolute atomic E-state index is 12.3. The van der Waals surface area contributed by atoms with Crippen LogP contribution in [0.25, 0.3) is 0 Å². The highest BCUT2D eigenvalue weighted by atomic mass is 35.5. The first-order valence-corrected chi connectivity index (χ1v) is 8.67. The zero-order chi connectivity index (χ0) is 17.5. The van der Waals surface area contributed by atoms with E-state index in [1.54, 1.807) is 36.2 Å². The van der Waals surface area contributed by atoms with Gasteiger partial charge in [-0.25, -0.2) is 4.79 Å². The molecule has 1 aliphatic rings. The topological polar surface area (TPSA) is 32.8 Å². The highest BCUT2D eigenvalue weighted by Gasteiger charge is 2.26. The Hall–Kier alpha value is -1.70. The van der Waals surface area contributed by atoms with Crippen molar-refractivity contribution in [2.24, 2.45) is 5.92 Å². The van der Waals surface area contributed by atoms with E-state index in [0.29, 0.717) is 16.7 Å². The molecule has 1 aromatic rings. The average Bonchev–Trinajstić information content (AvgIpc) is 2.56. The fourth-order valence-corrected chi connectivity index (χ4v) is 2.91. The van der Waals surface area contributed by atoms with Gasteiger partial charge in [-0.1, -0.05) is 23.4 Å². The van der Waals surface area contributed by atoms with E-state index < -0.39 is 0 Å². The van der Waals surface area contributed by atoms with Crippen molar-refractivity contribution in [3.05, 3.63) is 29.3 Å². The lowest BCUT2D eigenvalue weighted by Gasteiger charge is -2.32. The number of carbonyl (C=O) groups is 1. The van der Waals surface area contributed by atoms with Crippen molar-refractivity contribution in [2.45, 2.75) is 31.7 Å². The van der Waals surface area contributed by atoms with Gasteiger partial charge in [0.1, 0.15) is 5.75 Å². The fourth-order valence-electron chi connectivity index (χ4n) is 2.78. The highest BCUT2D eigenvalue weighted by Crippen LogP contribution is 2.27. The van der Waals surface area contributed by atoms with Crippen LogP contribution in [0.3, 0.4) is 0 Å². The van der Waals surface area contributed by atoms with Crippen LogP contribution in [0.15, 0.2) is 24.3 Å². The Morgan fingerprint density at radius 2 is 1.79 bits per heavy atom. The minimum Gasteiger partial charge on any atom is -0.410 e. The molecule has 0 N–H and O–H groups in total. The third kappa shape index (κ3) is 5.74. The normalized spacial score (nSPS) is 20.2. The largest absolute Gasteiger partial charge is 0.415 e. The van der Waals surface area contributed by atoms with Crippen molar-refractivity contribution in [3.63, 3.8) is 0 Å². The summed E-state index contributed by atoms with van der Waals surface area (Å²) in [5.41, 5.74) is 0. The van der Waals surface area contributed by atoms with Gasteiger partial charge in [0.05, 0.1) is 6.54 Å². The van der Waals surface area contributed by atoms with Gasteiger partial charge in [-0.2, -0.15) is 0 Å². The Morgan fingerprint density at radius 3 is 2.38 bits per heavy atom. The smallest absolute Gasteiger partial charge is 0.410 e. The van der Waals surface area contributed by atoms with Crippen molar-refractivity contribution in [1.82, 2.24) is 9.80 Å². The molecule has 0 spiro atoms. The number of carbonyl (C=O) groups excluding carboxylic acids is 1. The summed E-state index contributed by atoms with van der Waals surface area (Å²) < 4.78 is 5.40. The molecule has 0 unspecified atom stereocenters. The molecule has 4 nitrogen and oxygen atoms in total. The number of amides is 1. The second-order valence-corrected chi connectivity index (χ2v) is 6.93. The van der Waals surface area contributed by atoms with Crippen molar-refractivity contribution < 1.29 is 9.53 Å². The van der Waals surface area contributed by atoms with E-state index >= 15 is 0 Å². The molecule has 5 heteroatoms. The Balaban J connectivity index is 1.81. The van der Waals surface area contributed by atoms with Crippen molar-refractivity contribution >= 4 is 17.7 Å². The molecule has 1 fully saturated rings. The first-order chi connectivity index (χ1) is 11.5. The lowest BCUT2D eigenvalue weighted by atomic mass is 9.86. The SMILES string of the molecule is CN(C)CC#C[C@H]1CC[C@H](N(C)C(=O)Oc2ccc(Cl)cc2)CC1.